The Hall–Kier alpha value is -1.11. The van der Waals surface area contributed by atoms with Crippen LogP contribution >= 0.6 is 0 Å². The molecule has 1 aromatic rings. The molecule has 1 rings (SSSR count). The van der Waals surface area contributed by atoms with Crippen LogP contribution in [0.3, 0.4) is 0 Å². The summed E-state index contributed by atoms with van der Waals surface area (Å²) in [6.07, 6.45) is 15.9. The number of aryl methyl sites for hydroxylation is 1. The smallest absolute Gasteiger partial charge is 0.0389 e. The molecule has 0 unspecified atom stereocenters. The maximum Gasteiger partial charge on any atom is 0.0389 e. The molecule has 118 valence electrons. The third kappa shape index (κ3) is 10.3. The molecule has 0 bridgehead atoms. The fraction of sp³-hybridized carbons (Fsp3) is 0.650. The molecular weight excluding hydrogens is 254 g/mol. The minimum absolute atomic E-state index is 0.977. The summed E-state index contributed by atoms with van der Waals surface area (Å²) in [5.74, 6) is 0. The van der Waals surface area contributed by atoms with Gasteiger partial charge in [0.25, 0.3) is 0 Å². The summed E-state index contributed by atoms with van der Waals surface area (Å²) in [6, 6.07) is 8.55. The molecule has 21 heavy (non-hydrogen) atoms. The molecule has 0 atom stereocenters. The van der Waals surface area contributed by atoms with Crippen molar-refractivity contribution in [3.63, 3.8) is 0 Å². The van der Waals surface area contributed by atoms with Gasteiger partial charge < -0.3 is 0 Å². The van der Waals surface area contributed by atoms with Crippen LogP contribution in [0.4, 0.5) is 0 Å². The first-order chi connectivity index (χ1) is 10.3. The Kier molecular flexibility index (Phi) is 10.8. The van der Waals surface area contributed by atoms with Crippen molar-refractivity contribution in [3.05, 3.63) is 35.4 Å². The van der Waals surface area contributed by atoms with Crippen LogP contribution in [0.25, 0.3) is 0 Å². The molecule has 1 nitrogen and oxygen atoms in total. The van der Waals surface area contributed by atoms with E-state index in [-0.39, 0.29) is 0 Å². The Labute approximate surface area is 131 Å². The molecule has 0 N–H and O–H groups in total. The second kappa shape index (κ2) is 12.6. The second-order valence-electron chi connectivity index (χ2n) is 6.13. The highest BCUT2D eigenvalue weighted by atomic mass is 14.7. The summed E-state index contributed by atoms with van der Waals surface area (Å²) in [4.78, 5) is 4.51. The van der Waals surface area contributed by atoms with Gasteiger partial charge in [0.05, 0.1) is 0 Å². The molecule has 0 fully saturated rings. The molecule has 1 heteroatoms. The fourth-order valence-corrected chi connectivity index (χ4v) is 2.51. The fourth-order valence-electron chi connectivity index (χ4n) is 2.51. The maximum absolute atomic E-state index is 4.51. The molecule has 0 aliphatic rings. The zero-order chi connectivity index (χ0) is 15.2. The summed E-state index contributed by atoms with van der Waals surface area (Å²) < 4.78 is 0. The molecule has 0 aliphatic carbocycles. The summed E-state index contributed by atoms with van der Waals surface area (Å²) in [5, 5.41) is 0. The van der Waals surface area contributed by atoms with E-state index in [9.17, 15) is 0 Å². The van der Waals surface area contributed by atoms with Gasteiger partial charge in [0.2, 0.25) is 0 Å². The van der Waals surface area contributed by atoms with Crippen LogP contribution in [0.15, 0.2) is 29.3 Å². The van der Waals surface area contributed by atoms with Crippen molar-refractivity contribution >= 4 is 6.21 Å². The van der Waals surface area contributed by atoms with Gasteiger partial charge in [-0.1, -0.05) is 94.5 Å². The topological polar surface area (TPSA) is 12.4 Å². The summed E-state index contributed by atoms with van der Waals surface area (Å²) in [7, 11) is 0. The highest BCUT2D eigenvalue weighted by Crippen LogP contribution is 2.10. The Balaban J connectivity index is 1.89. The van der Waals surface area contributed by atoms with Gasteiger partial charge in [-0.15, -0.1) is 0 Å². The van der Waals surface area contributed by atoms with Gasteiger partial charge in [-0.2, -0.15) is 0 Å². The highest BCUT2D eigenvalue weighted by molar-refractivity contribution is 5.79. The molecule has 0 saturated heterocycles. The largest absolute Gasteiger partial charge is 0.293 e. The van der Waals surface area contributed by atoms with Gasteiger partial charge in [-0.25, -0.2) is 0 Å². The van der Waals surface area contributed by atoms with E-state index in [0.29, 0.717) is 0 Å². The number of benzene rings is 1. The average molecular weight is 287 g/mol. The highest BCUT2D eigenvalue weighted by Gasteiger charge is 1.92. The lowest BCUT2D eigenvalue weighted by Gasteiger charge is -2.01. The lowest BCUT2D eigenvalue weighted by Crippen LogP contribution is -1.86. The van der Waals surface area contributed by atoms with Crippen molar-refractivity contribution in [2.75, 3.05) is 6.54 Å². The zero-order valence-electron chi connectivity index (χ0n) is 14.1. The van der Waals surface area contributed by atoms with Crippen LogP contribution in [0.1, 0.15) is 82.3 Å². The third-order valence-corrected chi connectivity index (χ3v) is 3.96. The summed E-state index contributed by atoms with van der Waals surface area (Å²) in [5.41, 5.74) is 2.52. The van der Waals surface area contributed by atoms with Crippen LogP contribution in [0, 0.1) is 6.92 Å². The van der Waals surface area contributed by atoms with E-state index in [2.05, 4.69) is 43.1 Å². The van der Waals surface area contributed by atoms with Crippen molar-refractivity contribution in [2.24, 2.45) is 4.99 Å². The van der Waals surface area contributed by atoms with Gasteiger partial charge >= 0.3 is 0 Å². The van der Waals surface area contributed by atoms with E-state index in [1.54, 1.807) is 0 Å². The molecule has 0 aliphatic heterocycles. The molecule has 0 aromatic heterocycles. The average Bonchev–Trinajstić information content (AvgIpc) is 2.50. The standard InChI is InChI=1S/C20H33N/c1-3-4-5-6-7-8-9-10-11-12-17-21-18-20-15-13-19(2)14-16-20/h13-16,18H,3-12,17H2,1-2H3. The molecule has 0 radical (unpaired) electrons. The number of hydrogen-bond acceptors (Lipinski definition) is 1. The number of aliphatic imine (C=N–C) groups is 1. The minimum atomic E-state index is 0.977. The van der Waals surface area contributed by atoms with E-state index >= 15 is 0 Å². The first-order valence-corrected chi connectivity index (χ1v) is 8.89. The van der Waals surface area contributed by atoms with E-state index in [4.69, 9.17) is 0 Å². The summed E-state index contributed by atoms with van der Waals surface area (Å²) >= 11 is 0. The lowest BCUT2D eigenvalue weighted by atomic mass is 10.1. The van der Waals surface area contributed by atoms with E-state index < -0.39 is 0 Å². The molecule has 1 aromatic carbocycles. The third-order valence-electron chi connectivity index (χ3n) is 3.96. The Morgan fingerprint density at radius 1 is 0.762 bits per heavy atom. The number of hydrogen-bond donors (Lipinski definition) is 0. The van der Waals surface area contributed by atoms with Crippen LogP contribution in [0.5, 0.6) is 0 Å². The number of rotatable bonds is 12. The number of nitrogens with zero attached hydrogens (tertiary/aromatic N) is 1. The van der Waals surface area contributed by atoms with Crippen LogP contribution < -0.4 is 0 Å². The van der Waals surface area contributed by atoms with Crippen molar-refractivity contribution in [1.29, 1.82) is 0 Å². The van der Waals surface area contributed by atoms with Gasteiger partial charge in [-0.05, 0) is 18.9 Å². The maximum atomic E-state index is 4.51. The van der Waals surface area contributed by atoms with E-state index in [1.807, 2.05) is 6.21 Å². The summed E-state index contributed by atoms with van der Waals surface area (Å²) in [6.45, 7) is 5.37. The van der Waals surface area contributed by atoms with Crippen LogP contribution in [0.2, 0.25) is 0 Å². The molecular formula is C20H33N. The van der Waals surface area contributed by atoms with Gasteiger partial charge in [0, 0.05) is 12.8 Å². The van der Waals surface area contributed by atoms with Crippen LogP contribution in [-0.2, 0) is 0 Å². The quantitative estimate of drug-likeness (QED) is 0.314. The Morgan fingerprint density at radius 3 is 1.86 bits per heavy atom. The second-order valence-corrected chi connectivity index (χ2v) is 6.13. The predicted octanol–water partition coefficient (Wildman–Crippen LogP) is 6.33. The number of unbranched alkanes of at least 4 members (excludes halogenated alkanes) is 9. The monoisotopic (exact) mass is 287 g/mol. The molecule has 0 saturated carbocycles. The normalized spacial score (nSPS) is 11.3. The van der Waals surface area contributed by atoms with Crippen molar-refractivity contribution in [3.8, 4) is 0 Å². The van der Waals surface area contributed by atoms with Gasteiger partial charge in [-0.3, -0.25) is 4.99 Å². The van der Waals surface area contributed by atoms with Gasteiger partial charge in [0.1, 0.15) is 0 Å². The van der Waals surface area contributed by atoms with E-state index in [0.717, 1.165) is 6.54 Å². The van der Waals surface area contributed by atoms with Crippen molar-refractivity contribution < 1.29 is 0 Å². The zero-order valence-corrected chi connectivity index (χ0v) is 14.1. The first kappa shape index (κ1) is 17.9. The lowest BCUT2D eigenvalue weighted by molar-refractivity contribution is 0.558. The van der Waals surface area contributed by atoms with Crippen LogP contribution in [-0.4, -0.2) is 12.8 Å². The van der Waals surface area contributed by atoms with Crippen molar-refractivity contribution in [1.82, 2.24) is 0 Å². The molecule has 0 spiro atoms. The van der Waals surface area contributed by atoms with E-state index in [1.165, 1.54) is 75.3 Å². The van der Waals surface area contributed by atoms with Crippen molar-refractivity contribution in [2.45, 2.75) is 78.1 Å². The molecule has 0 amide bonds. The predicted molar refractivity (Wildman–Crippen MR) is 95.5 cm³/mol. The van der Waals surface area contributed by atoms with Gasteiger partial charge in [0.15, 0.2) is 0 Å². The Morgan fingerprint density at radius 2 is 1.29 bits per heavy atom. The SMILES string of the molecule is CCCCCCCCCCCCN=Cc1ccc(C)cc1. The first-order valence-electron chi connectivity index (χ1n) is 8.89. The minimum Gasteiger partial charge on any atom is -0.293 e. The Bertz CT molecular complexity index is 364. The molecule has 0 heterocycles.